The Hall–Kier alpha value is -7.44. The molecule has 4 aromatic heterocycles. The molecule has 0 bridgehead atoms. The minimum Gasteiger partial charge on any atom is -0.310 e. The fourth-order valence-electron chi connectivity index (χ4n) is 8.26. The second-order valence-electron chi connectivity index (χ2n) is 14.2. The fraction of sp³-hybridized carbons (Fsp3) is 0.0400. The lowest BCUT2D eigenvalue weighted by molar-refractivity contribution is 0.967. The van der Waals surface area contributed by atoms with Gasteiger partial charge in [0.25, 0.3) is 0 Å². The van der Waals surface area contributed by atoms with Crippen molar-refractivity contribution < 1.29 is 0 Å². The number of benzene rings is 6. The van der Waals surface area contributed by atoms with Crippen LogP contribution in [0.4, 0.5) is 0 Å². The van der Waals surface area contributed by atoms with Crippen molar-refractivity contribution in [1.82, 2.24) is 29.1 Å². The zero-order valence-corrected chi connectivity index (χ0v) is 30.4. The standard InChI is InChI=1S/C50H34N6/c1-4-14-33(15-5-1)48-52-49(34-16-6-2-7-17-34)54-50(53-48)37-26-29-47(51-32-37)56-44-23-13-11-21-40(44)42-31-36(25-28-46(42)56)35-24-27-45-41(30-35)39-20-10-12-22-43(39)55(45)38-18-8-3-9-19-38/h1-9,11-19,21-32H,10,20H2. The van der Waals surface area contributed by atoms with Crippen LogP contribution < -0.4 is 0 Å². The van der Waals surface area contributed by atoms with Gasteiger partial charge < -0.3 is 4.57 Å². The Morgan fingerprint density at radius 3 is 1.64 bits per heavy atom. The van der Waals surface area contributed by atoms with Crippen LogP contribution in [-0.4, -0.2) is 29.1 Å². The van der Waals surface area contributed by atoms with Gasteiger partial charge in [0.15, 0.2) is 17.5 Å². The molecule has 0 radical (unpaired) electrons. The Morgan fingerprint density at radius 1 is 0.429 bits per heavy atom. The summed E-state index contributed by atoms with van der Waals surface area (Å²) in [5, 5.41) is 3.70. The van der Waals surface area contributed by atoms with Crippen molar-refractivity contribution in [2.75, 3.05) is 0 Å². The lowest BCUT2D eigenvalue weighted by Crippen LogP contribution is -2.01. The molecule has 10 aromatic rings. The van der Waals surface area contributed by atoms with Crippen LogP contribution in [0.5, 0.6) is 0 Å². The molecule has 0 unspecified atom stereocenters. The molecular weight excluding hydrogens is 685 g/mol. The zero-order chi connectivity index (χ0) is 37.0. The van der Waals surface area contributed by atoms with Crippen molar-refractivity contribution >= 4 is 38.8 Å². The number of rotatable bonds is 6. The topological polar surface area (TPSA) is 61.4 Å². The normalized spacial score (nSPS) is 12.4. The first-order valence-corrected chi connectivity index (χ1v) is 19.0. The number of nitrogens with zero attached hydrogens (tertiary/aromatic N) is 6. The summed E-state index contributed by atoms with van der Waals surface area (Å²) < 4.78 is 4.66. The Morgan fingerprint density at radius 2 is 0.982 bits per heavy atom. The summed E-state index contributed by atoms with van der Waals surface area (Å²) in [6.07, 6.45) is 8.56. The largest absolute Gasteiger partial charge is 0.310 e. The minimum absolute atomic E-state index is 0.581. The summed E-state index contributed by atoms with van der Waals surface area (Å²) in [5.41, 5.74) is 12.4. The second-order valence-corrected chi connectivity index (χ2v) is 14.2. The fourth-order valence-corrected chi connectivity index (χ4v) is 8.26. The highest BCUT2D eigenvalue weighted by molar-refractivity contribution is 6.10. The summed E-state index contributed by atoms with van der Waals surface area (Å²) in [6.45, 7) is 0. The van der Waals surface area contributed by atoms with Gasteiger partial charge in [-0.25, -0.2) is 19.9 Å². The molecule has 1 aliphatic rings. The molecule has 1 aliphatic carbocycles. The van der Waals surface area contributed by atoms with Crippen LogP contribution in [0.15, 0.2) is 176 Å². The molecule has 6 heteroatoms. The molecule has 6 aromatic carbocycles. The van der Waals surface area contributed by atoms with E-state index in [0.29, 0.717) is 17.5 Å². The molecule has 4 heterocycles. The molecule has 0 saturated carbocycles. The smallest absolute Gasteiger partial charge is 0.165 e. The number of fused-ring (bicyclic) bond motifs is 6. The van der Waals surface area contributed by atoms with Gasteiger partial charge in [-0.15, -0.1) is 0 Å². The summed E-state index contributed by atoms with van der Waals surface area (Å²) in [5.74, 6) is 2.66. The maximum absolute atomic E-state index is 5.04. The molecule has 6 nitrogen and oxygen atoms in total. The molecular formula is C50H34N6. The quantitative estimate of drug-likeness (QED) is 0.172. The van der Waals surface area contributed by atoms with E-state index in [4.69, 9.17) is 19.9 Å². The number of allylic oxidation sites excluding steroid dienone is 1. The van der Waals surface area contributed by atoms with E-state index < -0.39 is 0 Å². The molecule has 11 rings (SSSR count). The number of aryl methyl sites for hydroxylation is 1. The first-order valence-electron chi connectivity index (χ1n) is 19.0. The third kappa shape index (κ3) is 5.34. The predicted octanol–water partition coefficient (Wildman–Crippen LogP) is 11.9. The van der Waals surface area contributed by atoms with Gasteiger partial charge in [0.05, 0.1) is 16.6 Å². The summed E-state index contributed by atoms with van der Waals surface area (Å²) >= 11 is 0. The first kappa shape index (κ1) is 32.0. The van der Waals surface area contributed by atoms with Gasteiger partial charge in [-0.3, -0.25) is 4.57 Å². The monoisotopic (exact) mass is 718 g/mol. The van der Waals surface area contributed by atoms with E-state index in [2.05, 4.69) is 124 Å². The van der Waals surface area contributed by atoms with Gasteiger partial charge in [0, 0.05) is 50.4 Å². The summed E-state index contributed by atoms with van der Waals surface area (Å²) in [6, 6.07) is 57.2. The minimum atomic E-state index is 0.581. The van der Waals surface area contributed by atoms with Crippen molar-refractivity contribution in [3.8, 4) is 56.8 Å². The Kier molecular flexibility index (Phi) is 7.52. The van der Waals surface area contributed by atoms with Crippen molar-refractivity contribution in [2.24, 2.45) is 0 Å². The van der Waals surface area contributed by atoms with Crippen LogP contribution in [0.1, 0.15) is 17.7 Å². The van der Waals surface area contributed by atoms with E-state index in [1.807, 2.05) is 66.9 Å². The third-order valence-electron chi connectivity index (χ3n) is 10.9. The van der Waals surface area contributed by atoms with E-state index in [-0.39, 0.29) is 0 Å². The molecule has 0 atom stereocenters. The highest BCUT2D eigenvalue weighted by Crippen LogP contribution is 2.39. The van der Waals surface area contributed by atoms with Gasteiger partial charge in [-0.2, -0.15) is 0 Å². The molecule has 0 aliphatic heterocycles. The number of hydrogen-bond acceptors (Lipinski definition) is 4. The van der Waals surface area contributed by atoms with Crippen LogP contribution >= 0.6 is 0 Å². The first-order chi connectivity index (χ1) is 27.8. The Bertz CT molecular complexity index is 3050. The Labute approximate surface area is 323 Å². The number of aromatic nitrogens is 6. The van der Waals surface area contributed by atoms with E-state index >= 15 is 0 Å². The lowest BCUT2D eigenvalue weighted by atomic mass is 9.97. The van der Waals surface area contributed by atoms with Crippen molar-refractivity contribution in [3.05, 3.63) is 187 Å². The predicted molar refractivity (Wildman–Crippen MR) is 228 cm³/mol. The van der Waals surface area contributed by atoms with Gasteiger partial charge in [-0.05, 0) is 90.2 Å². The van der Waals surface area contributed by atoms with Crippen molar-refractivity contribution in [2.45, 2.75) is 12.8 Å². The molecule has 0 amide bonds. The van der Waals surface area contributed by atoms with E-state index in [1.54, 1.807) is 0 Å². The number of pyridine rings is 1. The molecule has 0 saturated heterocycles. The van der Waals surface area contributed by atoms with Crippen LogP contribution in [0.2, 0.25) is 0 Å². The lowest BCUT2D eigenvalue weighted by Gasteiger charge is -2.11. The van der Waals surface area contributed by atoms with Crippen molar-refractivity contribution in [1.29, 1.82) is 0 Å². The van der Waals surface area contributed by atoms with Crippen LogP contribution in [-0.2, 0) is 6.42 Å². The van der Waals surface area contributed by atoms with Crippen molar-refractivity contribution in [3.63, 3.8) is 0 Å². The molecule has 264 valence electrons. The van der Waals surface area contributed by atoms with Crippen LogP contribution in [0.25, 0.3) is 95.6 Å². The number of para-hydroxylation sites is 2. The highest BCUT2D eigenvalue weighted by Gasteiger charge is 2.20. The average Bonchev–Trinajstić information content (AvgIpc) is 3.79. The van der Waals surface area contributed by atoms with Gasteiger partial charge in [0.1, 0.15) is 5.82 Å². The van der Waals surface area contributed by atoms with Gasteiger partial charge in [-0.1, -0.05) is 115 Å². The summed E-state index contributed by atoms with van der Waals surface area (Å²) in [4.78, 5) is 19.7. The third-order valence-corrected chi connectivity index (χ3v) is 10.9. The number of hydrogen-bond donors (Lipinski definition) is 0. The Balaban J connectivity index is 1.00. The average molecular weight is 719 g/mol. The van der Waals surface area contributed by atoms with Crippen LogP contribution in [0, 0.1) is 0 Å². The van der Waals surface area contributed by atoms with Gasteiger partial charge >= 0.3 is 0 Å². The molecule has 0 N–H and O–H groups in total. The van der Waals surface area contributed by atoms with E-state index in [1.165, 1.54) is 49.7 Å². The zero-order valence-electron chi connectivity index (χ0n) is 30.4. The molecule has 0 fully saturated rings. The molecule has 0 spiro atoms. The highest BCUT2D eigenvalue weighted by atomic mass is 15.1. The summed E-state index contributed by atoms with van der Waals surface area (Å²) in [7, 11) is 0. The van der Waals surface area contributed by atoms with E-state index in [0.717, 1.165) is 46.4 Å². The maximum Gasteiger partial charge on any atom is 0.165 e. The van der Waals surface area contributed by atoms with Gasteiger partial charge in [0.2, 0.25) is 0 Å². The molecule has 56 heavy (non-hydrogen) atoms. The van der Waals surface area contributed by atoms with Crippen LogP contribution in [0.3, 0.4) is 0 Å². The second kappa shape index (κ2) is 13.1. The maximum atomic E-state index is 5.04. The SMILES string of the molecule is C1=Cc2c(c3cc(-c4ccc5c(c4)c4ccccc4n5-c4ccc(-c5nc(-c6ccccc6)nc(-c6ccccc6)n5)cn4)ccc3n2-c2ccccc2)CC1. The van der Waals surface area contributed by atoms with E-state index in [9.17, 15) is 0 Å².